The quantitative estimate of drug-likeness (QED) is 0.415. The molecule has 1 aromatic rings. The molecule has 0 spiro atoms. The van der Waals surface area contributed by atoms with E-state index in [1.807, 2.05) is 0 Å². The molecule has 0 bridgehead atoms. The Morgan fingerprint density at radius 2 is 1.87 bits per heavy atom. The maximum Gasteiger partial charge on any atom is 0.194 e. The maximum atomic E-state index is 6.25. The van der Waals surface area contributed by atoms with Gasteiger partial charge >= 0.3 is 0 Å². The number of hydrogen-bond acceptors (Lipinski definition) is 3. The molecule has 2 heterocycles. The molecule has 5 nitrogen and oxygen atoms in total. The molecule has 0 amide bonds. The second-order valence-corrected chi connectivity index (χ2v) is 8.89. The van der Waals surface area contributed by atoms with Crippen LogP contribution in [-0.4, -0.2) is 56.3 Å². The third-order valence-corrected chi connectivity index (χ3v) is 6.62. The number of anilines is 1. The number of hydrogen-bond donors (Lipinski definition) is 1. The van der Waals surface area contributed by atoms with E-state index in [0.29, 0.717) is 6.10 Å². The molecule has 2 fully saturated rings. The Morgan fingerprint density at radius 1 is 1.10 bits per heavy atom. The lowest BCUT2D eigenvalue weighted by atomic mass is 10.1. The first-order valence-corrected chi connectivity index (χ1v) is 12.0. The Labute approximate surface area is 182 Å². The lowest BCUT2D eigenvalue weighted by molar-refractivity contribution is 0.00101. The molecule has 3 aliphatic rings. The number of benzene rings is 1. The number of nitrogens with one attached hydrogen (secondary N) is 1. The number of rotatable bonds is 7. The predicted molar refractivity (Wildman–Crippen MR) is 125 cm³/mol. The molecule has 0 aromatic heterocycles. The predicted octanol–water partition coefficient (Wildman–Crippen LogP) is 4.20. The zero-order valence-corrected chi connectivity index (χ0v) is 18.6. The van der Waals surface area contributed by atoms with Crippen molar-refractivity contribution in [2.45, 2.75) is 58.1 Å². The van der Waals surface area contributed by atoms with E-state index in [-0.39, 0.29) is 0 Å². The first-order valence-electron chi connectivity index (χ1n) is 12.0. The Kier molecular flexibility index (Phi) is 7.68. The van der Waals surface area contributed by atoms with Gasteiger partial charge in [0.05, 0.1) is 12.6 Å². The summed E-state index contributed by atoms with van der Waals surface area (Å²) in [7, 11) is 0. The van der Waals surface area contributed by atoms with Crippen LogP contribution in [0.15, 0.2) is 41.4 Å². The van der Waals surface area contributed by atoms with Crippen LogP contribution in [0.2, 0.25) is 0 Å². The van der Waals surface area contributed by atoms with Gasteiger partial charge in [-0.2, -0.15) is 0 Å². The number of aliphatic imine (C=N–C) groups is 1. The van der Waals surface area contributed by atoms with Crippen molar-refractivity contribution in [2.75, 3.05) is 44.2 Å². The van der Waals surface area contributed by atoms with Gasteiger partial charge in [-0.3, -0.25) is 0 Å². The molecule has 1 N–H and O–H groups in total. The van der Waals surface area contributed by atoms with E-state index < -0.39 is 0 Å². The fourth-order valence-electron chi connectivity index (χ4n) is 4.82. The summed E-state index contributed by atoms with van der Waals surface area (Å²) in [5, 5.41) is 3.50. The molecule has 0 atom stereocenters. The standard InChI is InChI=1S/C25H38N4O/c1-2-26-25(27-19-22-10-7-11-23(18-22)28-14-5-6-15-28)29-16-12-24(13-17-29)30-20-21-8-3-4-9-21/h5-7,10-11,18,21,24H,2-4,8-9,12-17,19-20H2,1H3,(H,26,27). The number of guanidine groups is 1. The Hall–Kier alpha value is -2.01. The van der Waals surface area contributed by atoms with Gasteiger partial charge in [0.15, 0.2) is 5.96 Å². The van der Waals surface area contributed by atoms with Crippen LogP contribution in [0.5, 0.6) is 0 Å². The van der Waals surface area contributed by atoms with Crippen LogP contribution >= 0.6 is 0 Å². The lowest BCUT2D eigenvalue weighted by Crippen LogP contribution is -2.47. The molecule has 1 aromatic carbocycles. The van der Waals surface area contributed by atoms with Gasteiger partial charge in [0, 0.05) is 45.0 Å². The maximum absolute atomic E-state index is 6.25. The van der Waals surface area contributed by atoms with E-state index in [2.05, 4.69) is 58.5 Å². The van der Waals surface area contributed by atoms with Crippen LogP contribution in [0.3, 0.4) is 0 Å². The molecule has 30 heavy (non-hydrogen) atoms. The fourth-order valence-corrected chi connectivity index (χ4v) is 4.82. The second-order valence-electron chi connectivity index (χ2n) is 8.89. The van der Waals surface area contributed by atoms with Crippen molar-refractivity contribution in [3.63, 3.8) is 0 Å². The molecular formula is C25H38N4O. The largest absolute Gasteiger partial charge is 0.378 e. The van der Waals surface area contributed by atoms with Crippen LogP contribution in [0.4, 0.5) is 5.69 Å². The number of piperidine rings is 1. The van der Waals surface area contributed by atoms with E-state index in [9.17, 15) is 0 Å². The summed E-state index contributed by atoms with van der Waals surface area (Å²) < 4.78 is 6.25. The molecule has 0 radical (unpaired) electrons. The summed E-state index contributed by atoms with van der Waals surface area (Å²) in [4.78, 5) is 9.76. The van der Waals surface area contributed by atoms with Crippen LogP contribution < -0.4 is 10.2 Å². The molecule has 164 valence electrons. The molecule has 1 saturated heterocycles. The van der Waals surface area contributed by atoms with Crippen molar-refractivity contribution in [3.8, 4) is 0 Å². The highest BCUT2D eigenvalue weighted by Gasteiger charge is 2.24. The SMILES string of the molecule is CCNC(=NCc1cccc(N2CC=CC2)c1)N1CCC(OCC2CCCC2)CC1. The van der Waals surface area contributed by atoms with Gasteiger partial charge in [-0.1, -0.05) is 37.1 Å². The summed E-state index contributed by atoms with van der Waals surface area (Å²) in [6, 6.07) is 8.81. The van der Waals surface area contributed by atoms with E-state index in [4.69, 9.17) is 9.73 Å². The molecule has 1 saturated carbocycles. The molecule has 2 aliphatic heterocycles. The minimum Gasteiger partial charge on any atom is -0.378 e. The molecule has 5 heteroatoms. The van der Waals surface area contributed by atoms with Gasteiger partial charge in [-0.15, -0.1) is 0 Å². The fraction of sp³-hybridized carbons (Fsp3) is 0.640. The van der Waals surface area contributed by atoms with Crippen molar-refractivity contribution in [1.29, 1.82) is 0 Å². The third-order valence-electron chi connectivity index (χ3n) is 6.62. The van der Waals surface area contributed by atoms with Gasteiger partial charge in [0.2, 0.25) is 0 Å². The highest BCUT2D eigenvalue weighted by atomic mass is 16.5. The van der Waals surface area contributed by atoms with E-state index in [1.165, 1.54) is 36.9 Å². The monoisotopic (exact) mass is 410 g/mol. The lowest BCUT2D eigenvalue weighted by Gasteiger charge is -2.34. The minimum atomic E-state index is 0.426. The summed E-state index contributed by atoms with van der Waals surface area (Å²) in [5.74, 6) is 1.86. The van der Waals surface area contributed by atoms with Gasteiger partial charge in [-0.25, -0.2) is 4.99 Å². The minimum absolute atomic E-state index is 0.426. The molecule has 0 unspecified atom stereocenters. The summed E-state index contributed by atoms with van der Waals surface area (Å²) in [6.45, 7) is 8.81. The zero-order chi connectivity index (χ0) is 20.6. The second kappa shape index (κ2) is 10.9. The van der Waals surface area contributed by atoms with Crippen LogP contribution in [0, 0.1) is 5.92 Å². The number of nitrogens with zero attached hydrogens (tertiary/aromatic N) is 3. The van der Waals surface area contributed by atoms with Crippen LogP contribution in [0.25, 0.3) is 0 Å². The topological polar surface area (TPSA) is 40.1 Å². The van der Waals surface area contributed by atoms with Gasteiger partial charge in [0.1, 0.15) is 0 Å². The molecular weight excluding hydrogens is 372 g/mol. The Bertz CT molecular complexity index is 710. The molecule has 4 rings (SSSR count). The first-order chi connectivity index (χ1) is 14.8. The van der Waals surface area contributed by atoms with Gasteiger partial charge in [-0.05, 0) is 56.2 Å². The summed E-state index contributed by atoms with van der Waals surface area (Å²) >= 11 is 0. The van der Waals surface area contributed by atoms with E-state index in [0.717, 1.165) is 70.6 Å². The first kappa shape index (κ1) is 21.2. The average molecular weight is 411 g/mol. The van der Waals surface area contributed by atoms with E-state index >= 15 is 0 Å². The normalized spacial score (nSPS) is 21.0. The average Bonchev–Trinajstić information content (AvgIpc) is 3.50. The van der Waals surface area contributed by atoms with Crippen molar-refractivity contribution >= 4 is 11.6 Å². The van der Waals surface area contributed by atoms with Crippen LogP contribution in [-0.2, 0) is 11.3 Å². The third kappa shape index (κ3) is 5.78. The van der Waals surface area contributed by atoms with Crippen LogP contribution in [0.1, 0.15) is 51.0 Å². The van der Waals surface area contributed by atoms with Crippen molar-refractivity contribution < 1.29 is 4.74 Å². The highest BCUT2D eigenvalue weighted by molar-refractivity contribution is 5.80. The van der Waals surface area contributed by atoms with Crippen molar-refractivity contribution in [2.24, 2.45) is 10.9 Å². The van der Waals surface area contributed by atoms with Crippen molar-refractivity contribution in [1.82, 2.24) is 10.2 Å². The summed E-state index contributed by atoms with van der Waals surface area (Å²) in [5.41, 5.74) is 2.56. The zero-order valence-electron chi connectivity index (χ0n) is 18.6. The van der Waals surface area contributed by atoms with Gasteiger partial charge < -0.3 is 19.9 Å². The summed E-state index contributed by atoms with van der Waals surface area (Å²) in [6.07, 6.45) is 12.6. The van der Waals surface area contributed by atoms with Gasteiger partial charge in [0.25, 0.3) is 0 Å². The smallest absolute Gasteiger partial charge is 0.194 e. The Balaban J connectivity index is 1.29. The highest BCUT2D eigenvalue weighted by Crippen LogP contribution is 2.26. The Morgan fingerprint density at radius 3 is 2.60 bits per heavy atom. The van der Waals surface area contributed by atoms with Crippen molar-refractivity contribution in [3.05, 3.63) is 42.0 Å². The number of ether oxygens (including phenoxy) is 1. The molecule has 1 aliphatic carbocycles. The number of likely N-dealkylation sites (tertiary alicyclic amines) is 1. The van der Waals surface area contributed by atoms with E-state index in [1.54, 1.807) is 0 Å².